The number of hydrogen-bond donors (Lipinski definition) is 0. The van der Waals surface area contributed by atoms with E-state index in [1.54, 1.807) is 0 Å². The summed E-state index contributed by atoms with van der Waals surface area (Å²) < 4.78 is 0. The Kier molecular flexibility index (Phi) is 3.57. The first-order valence-electron chi connectivity index (χ1n) is 7.25. The molecule has 0 atom stereocenters. The van der Waals surface area contributed by atoms with Crippen LogP contribution in [-0.4, -0.2) is 4.98 Å². The third-order valence-electron chi connectivity index (χ3n) is 3.90. The number of aromatic nitrogens is 1. The molecule has 0 fully saturated rings. The van der Waals surface area contributed by atoms with Crippen LogP contribution in [0.15, 0.2) is 60.8 Å². The Bertz CT molecular complexity index is 756. The average molecular weight is 273 g/mol. The fourth-order valence-electron chi connectivity index (χ4n) is 2.79. The van der Waals surface area contributed by atoms with Gasteiger partial charge in [0.2, 0.25) is 0 Å². The monoisotopic (exact) mass is 273 g/mol. The minimum absolute atomic E-state index is 1.07. The van der Waals surface area contributed by atoms with Crippen molar-refractivity contribution in [3.8, 4) is 22.4 Å². The van der Waals surface area contributed by atoms with Crippen LogP contribution in [0.2, 0.25) is 0 Å². The Morgan fingerprint density at radius 2 is 1.38 bits per heavy atom. The van der Waals surface area contributed by atoms with Gasteiger partial charge in [0.25, 0.3) is 0 Å². The van der Waals surface area contributed by atoms with Gasteiger partial charge in [-0.15, -0.1) is 0 Å². The molecule has 1 heterocycles. The van der Waals surface area contributed by atoms with E-state index in [0.29, 0.717) is 0 Å². The molecule has 3 aromatic rings. The molecule has 0 aliphatic heterocycles. The molecule has 1 nitrogen and oxygen atoms in total. The zero-order valence-electron chi connectivity index (χ0n) is 12.7. The number of pyridine rings is 1. The summed E-state index contributed by atoms with van der Waals surface area (Å²) in [5, 5.41) is 0. The molecule has 0 saturated carbocycles. The second kappa shape index (κ2) is 5.53. The largest absolute Gasteiger partial charge is 0.256 e. The van der Waals surface area contributed by atoms with Crippen LogP contribution < -0.4 is 0 Å². The number of aryl methyl sites for hydroxylation is 2. The first-order valence-corrected chi connectivity index (χ1v) is 7.25. The highest BCUT2D eigenvalue weighted by atomic mass is 14.7. The molecular weight excluding hydrogens is 254 g/mol. The SMILES string of the molecule is Cc1ccc(-c2c(C)cnc(-c3ccccc3)c2C)cc1. The normalized spacial score (nSPS) is 10.6. The van der Waals surface area contributed by atoms with E-state index in [4.69, 9.17) is 0 Å². The predicted octanol–water partition coefficient (Wildman–Crippen LogP) is 5.34. The molecule has 2 aromatic carbocycles. The van der Waals surface area contributed by atoms with E-state index < -0.39 is 0 Å². The van der Waals surface area contributed by atoms with Gasteiger partial charge in [-0.2, -0.15) is 0 Å². The first-order chi connectivity index (χ1) is 10.2. The zero-order chi connectivity index (χ0) is 14.8. The lowest BCUT2D eigenvalue weighted by Crippen LogP contribution is -1.95. The molecule has 1 aromatic heterocycles. The lowest BCUT2D eigenvalue weighted by atomic mass is 9.93. The molecule has 0 N–H and O–H groups in total. The molecule has 0 saturated heterocycles. The van der Waals surface area contributed by atoms with Gasteiger partial charge in [-0.1, -0.05) is 60.2 Å². The maximum Gasteiger partial charge on any atom is 0.0737 e. The van der Waals surface area contributed by atoms with Crippen molar-refractivity contribution in [2.24, 2.45) is 0 Å². The highest BCUT2D eigenvalue weighted by Gasteiger charge is 2.12. The van der Waals surface area contributed by atoms with Crippen LogP contribution in [0, 0.1) is 20.8 Å². The van der Waals surface area contributed by atoms with Gasteiger partial charge in [0.15, 0.2) is 0 Å². The van der Waals surface area contributed by atoms with Crippen LogP contribution in [0.4, 0.5) is 0 Å². The molecule has 0 bridgehead atoms. The molecule has 104 valence electrons. The highest BCUT2D eigenvalue weighted by molar-refractivity contribution is 5.78. The zero-order valence-corrected chi connectivity index (χ0v) is 12.7. The van der Waals surface area contributed by atoms with E-state index in [1.165, 1.54) is 33.4 Å². The number of hydrogen-bond acceptors (Lipinski definition) is 1. The Morgan fingerprint density at radius 3 is 2.05 bits per heavy atom. The summed E-state index contributed by atoms with van der Waals surface area (Å²) in [5.41, 5.74) is 8.53. The van der Waals surface area contributed by atoms with Gasteiger partial charge < -0.3 is 0 Å². The summed E-state index contributed by atoms with van der Waals surface area (Å²) in [6.45, 7) is 6.41. The molecule has 1 heteroatoms. The molecule has 0 amide bonds. The van der Waals surface area contributed by atoms with Crippen LogP contribution in [0.25, 0.3) is 22.4 Å². The van der Waals surface area contributed by atoms with E-state index in [1.807, 2.05) is 12.3 Å². The van der Waals surface area contributed by atoms with Gasteiger partial charge in [0.1, 0.15) is 0 Å². The lowest BCUT2D eigenvalue weighted by molar-refractivity contribution is 1.22. The second-order valence-electron chi connectivity index (χ2n) is 5.52. The van der Waals surface area contributed by atoms with E-state index in [0.717, 1.165) is 5.69 Å². The minimum atomic E-state index is 1.07. The van der Waals surface area contributed by atoms with Crippen molar-refractivity contribution in [2.45, 2.75) is 20.8 Å². The van der Waals surface area contributed by atoms with E-state index in [9.17, 15) is 0 Å². The topological polar surface area (TPSA) is 12.9 Å². The fraction of sp³-hybridized carbons (Fsp3) is 0.150. The molecule has 21 heavy (non-hydrogen) atoms. The molecule has 0 aliphatic carbocycles. The van der Waals surface area contributed by atoms with Crippen LogP contribution in [0.3, 0.4) is 0 Å². The van der Waals surface area contributed by atoms with E-state index >= 15 is 0 Å². The quantitative estimate of drug-likeness (QED) is 0.614. The molecule has 0 radical (unpaired) electrons. The Hall–Kier alpha value is -2.41. The van der Waals surface area contributed by atoms with E-state index in [-0.39, 0.29) is 0 Å². The van der Waals surface area contributed by atoms with Gasteiger partial charge in [-0.25, -0.2) is 0 Å². The minimum Gasteiger partial charge on any atom is -0.256 e. The van der Waals surface area contributed by atoms with Crippen molar-refractivity contribution in [3.05, 3.63) is 77.5 Å². The van der Waals surface area contributed by atoms with Crippen molar-refractivity contribution in [3.63, 3.8) is 0 Å². The van der Waals surface area contributed by atoms with Crippen molar-refractivity contribution < 1.29 is 0 Å². The van der Waals surface area contributed by atoms with Crippen molar-refractivity contribution >= 4 is 0 Å². The van der Waals surface area contributed by atoms with Crippen LogP contribution in [-0.2, 0) is 0 Å². The number of rotatable bonds is 2. The molecular formula is C20H19N. The van der Waals surface area contributed by atoms with Gasteiger partial charge in [-0.05, 0) is 43.0 Å². The molecule has 0 spiro atoms. The van der Waals surface area contributed by atoms with Crippen molar-refractivity contribution in [1.29, 1.82) is 0 Å². The fourth-order valence-corrected chi connectivity index (χ4v) is 2.79. The molecule has 0 aliphatic rings. The Balaban J connectivity index is 2.19. The molecule has 0 unspecified atom stereocenters. The maximum atomic E-state index is 4.65. The average Bonchev–Trinajstić information content (AvgIpc) is 2.50. The van der Waals surface area contributed by atoms with Gasteiger partial charge in [0, 0.05) is 11.8 Å². The third-order valence-corrected chi connectivity index (χ3v) is 3.90. The smallest absolute Gasteiger partial charge is 0.0737 e. The summed E-state index contributed by atoms with van der Waals surface area (Å²) in [5.74, 6) is 0. The summed E-state index contributed by atoms with van der Waals surface area (Å²) >= 11 is 0. The third kappa shape index (κ3) is 2.59. The summed E-state index contributed by atoms with van der Waals surface area (Å²) in [7, 11) is 0. The number of nitrogens with zero attached hydrogens (tertiary/aromatic N) is 1. The highest BCUT2D eigenvalue weighted by Crippen LogP contribution is 2.32. The van der Waals surface area contributed by atoms with Gasteiger partial charge >= 0.3 is 0 Å². The second-order valence-corrected chi connectivity index (χ2v) is 5.52. The van der Waals surface area contributed by atoms with Crippen LogP contribution >= 0.6 is 0 Å². The Morgan fingerprint density at radius 1 is 0.714 bits per heavy atom. The Labute approximate surface area is 126 Å². The summed E-state index contributed by atoms with van der Waals surface area (Å²) in [6.07, 6.45) is 1.98. The van der Waals surface area contributed by atoms with Gasteiger partial charge in [-0.3, -0.25) is 4.98 Å². The van der Waals surface area contributed by atoms with Gasteiger partial charge in [0.05, 0.1) is 5.69 Å². The summed E-state index contributed by atoms with van der Waals surface area (Å²) in [4.78, 5) is 4.65. The summed E-state index contributed by atoms with van der Waals surface area (Å²) in [6, 6.07) is 19.1. The lowest BCUT2D eigenvalue weighted by Gasteiger charge is -2.14. The van der Waals surface area contributed by atoms with Crippen LogP contribution in [0.5, 0.6) is 0 Å². The predicted molar refractivity (Wildman–Crippen MR) is 89.3 cm³/mol. The number of benzene rings is 2. The first kappa shape index (κ1) is 13.6. The molecule has 3 rings (SSSR count). The maximum absolute atomic E-state index is 4.65. The van der Waals surface area contributed by atoms with Crippen molar-refractivity contribution in [2.75, 3.05) is 0 Å². The van der Waals surface area contributed by atoms with Crippen LogP contribution in [0.1, 0.15) is 16.7 Å². The van der Waals surface area contributed by atoms with Crippen molar-refractivity contribution in [1.82, 2.24) is 4.98 Å². The van der Waals surface area contributed by atoms with E-state index in [2.05, 4.69) is 74.3 Å². The standard InChI is InChI=1S/C20H19N/c1-14-9-11-17(12-10-14)19-15(2)13-21-20(16(19)3)18-7-5-4-6-8-18/h4-13H,1-3H3.